The standard InChI is InChI=1S/C19H31N3O2/c1-19(10-13-7-14(11-19)9-16(23)8-13)20-12-17-21-18(24-22-17)15-5-3-2-4-6-15/h13-16,20,23H,2-12H2,1H3. The van der Waals surface area contributed by atoms with Crippen molar-refractivity contribution in [3.63, 3.8) is 0 Å². The first-order chi connectivity index (χ1) is 11.6. The molecule has 5 heteroatoms. The van der Waals surface area contributed by atoms with Crippen molar-refractivity contribution < 1.29 is 9.63 Å². The Morgan fingerprint density at radius 1 is 1.12 bits per heavy atom. The van der Waals surface area contributed by atoms with Crippen LogP contribution in [0, 0.1) is 11.8 Å². The smallest absolute Gasteiger partial charge is 0.229 e. The molecule has 24 heavy (non-hydrogen) atoms. The van der Waals surface area contributed by atoms with Crippen LogP contribution in [0.2, 0.25) is 0 Å². The summed E-state index contributed by atoms with van der Waals surface area (Å²) in [6, 6.07) is 0. The molecule has 0 saturated heterocycles. The maximum Gasteiger partial charge on any atom is 0.229 e. The summed E-state index contributed by atoms with van der Waals surface area (Å²) in [5.74, 6) is 3.44. The summed E-state index contributed by atoms with van der Waals surface area (Å²) in [6.45, 7) is 3.01. The van der Waals surface area contributed by atoms with Crippen LogP contribution in [0.15, 0.2) is 4.52 Å². The molecule has 2 atom stereocenters. The third kappa shape index (κ3) is 3.67. The number of aliphatic hydroxyl groups is 1. The first kappa shape index (κ1) is 16.5. The van der Waals surface area contributed by atoms with Gasteiger partial charge in [0.2, 0.25) is 5.89 Å². The lowest BCUT2D eigenvalue weighted by atomic mass is 9.64. The number of hydrogen-bond acceptors (Lipinski definition) is 5. The molecule has 2 unspecified atom stereocenters. The van der Waals surface area contributed by atoms with Gasteiger partial charge in [-0.1, -0.05) is 24.4 Å². The molecular weight excluding hydrogens is 302 g/mol. The molecular formula is C19H31N3O2. The fourth-order valence-corrected chi connectivity index (χ4v) is 5.51. The van der Waals surface area contributed by atoms with E-state index in [0.717, 1.165) is 37.4 Å². The molecule has 0 amide bonds. The highest BCUT2D eigenvalue weighted by Gasteiger charge is 2.41. The molecule has 2 N–H and O–H groups in total. The minimum absolute atomic E-state index is 0.0754. The predicted octanol–water partition coefficient (Wildman–Crippen LogP) is 3.54. The van der Waals surface area contributed by atoms with Gasteiger partial charge in [0.15, 0.2) is 5.82 Å². The van der Waals surface area contributed by atoms with E-state index in [9.17, 15) is 5.11 Å². The van der Waals surface area contributed by atoms with Gasteiger partial charge in [-0.3, -0.25) is 0 Å². The van der Waals surface area contributed by atoms with Gasteiger partial charge in [0.05, 0.1) is 12.6 Å². The Kier molecular flexibility index (Phi) is 4.65. The van der Waals surface area contributed by atoms with Crippen LogP contribution < -0.4 is 5.32 Å². The maximum atomic E-state index is 9.97. The van der Waals surface area contributed by atoms with Crippen LogP contribution in [-0.2, 0) is 6.54 Å². The summed E-state index contributed by atoms with van der Waals surface area (Å²) in [5.41, 5.74) is 0.138. The van der Waals surface area contributed by atoms with Gasteiger partial charge in [-0.05, 0) is 63.7 Å². The van der Waals surface area contributed by atoms with Crippen molar-refractivity contribution in [2.24, 2.45) is 11.8 Å². The third-order valence-electron chi connectivity index (χ3n) is 6.47. The summed E-state index contributed by atoms with van der Waals surface area (Å²) in [5, 5.41) is 17.9. The van der Waals surface area contributed by atoms with Gasteiger partial charge in [0, 0.05) is 11.5 Å². The van der Waals surface area contributed by atoms with Crippen molar-refractivity contribution in [3.05, 3.63) is 11.7 Å². The van der Waals surface area contributed by atoms with E-state index >= 15 is 0 Å². The lowest BCUT2D eigenvalue weighted by Crippen LogP contribution is -2.50. The van der Waals surface area contributed by atoms with E-state index in [2.05, 4.69) is 22.4 Å². The molecule has 3 saturated carbocycles. The summed E-state index contributed by atoms with van der Waals surface area (Å²) < 4.78 is 5.53. The SMILES string of the molecule is CC1(NCc2noc(C3CCCCC3)n2)CC2CC(O)CC(C2)C1. The zero-order chi connectivity index (χ0) is 16.6. The van der Waals surface area contributed by atoms with Crippen molar-refractivity contribution in [1.29, 1.82) is 0 Å². The number of nitrogens with zero attached hydrogens (tertiary/aromatic N) is 2. The zero-order valence-electron chi connectivity index (χ0n) is 14.8. The second-order valence-corrected chi connectivity index (χ2v) is 8.80. The molecule has 0 radical (unpaired) electrons. The van der Waals surface area contributed by atoms with Crippen molar-refractivity contribution in [2.45, 2.75) is 95.2 Å². The largest absolute Gasteiger partial charge is 0.393 e. The molecule has 3 fully saturated rings. The zero-order valence-corrected chi connectivity index (χ0v) is 14.8. The van der Waals surface area contributed by atoms with E-state index in [0.29, 0.717) is 24.3 Å². The van der Waals surface area contributed by atoms with Crippen molar-refractivity contribution in [3.8, 4) is 0 Å². The lowest BCUT2D eigenvalue weighted by molar-refractivity contribution is 0.0126. The number of fused-ring (bicyclic) bond motifs is 2. The van der Waals surface area contributed by atoms with Gasteiger partial charge in [0.1, 0.15) is 0 Å². The quantitative estimate of drug-likeness (QED) is 0.882. The second-order valence-electron chi connectivity index (χ2n) is 8.80. The average Bonchev–Trinajstić information content (AvgIpc) is 3.02. The fourth-order valence-electron chi connectivity index (χ4n) is 5.51. The number of rotatable bonds is 4. The Labute approximate surface area is 144 Å². The number of aromatic nitrogens is 2. The average molecular weight is 333 g/mol. The van der Waals surface area contributed by atoms with E-state index in [4.69, 9.17) is 4.52 Å². The Morgan fingerprint density at radius 3 is 2.54 bits per heavy atom. The Hall–Kier alpha value is -0.940. The molecule has 1 aromatic rings. The minimum Gasteiger partial charge on any atom is -0.393 e. The van der Waals surface area contributed by atoms with Crippen LogP contribution in [-0.4, -0.2) is 26.9 Å². The van der Waals surface area contributed by atoms with Crippen molar-refractivity contribution in [1.82, 2.24) is 15.5 Å². The number of nitrogens with one attached hydrogen (secondary N) is 1. The van der Waals surface area contributed by atoms with E-state index in [1.165, 1.54) is 38.5 Å². The molecule has 0 spiro atoms. The third-order valence-corrected chi connectivity index (χ3v) is 6.47. The van der Waals surface area contributed by atoms with Gasteiger partial charge in [0.25, 0.3) is 0 Å². The molecule has 5 nitrogen and oxygen atoms in total. The second kappa shape index (κ2) is 6.75. The van der Waals surface area contributed by atoms with Crippen molar-refractivity contribution >= 4 is 0 Å². The van der Waals surface area contributed by atoms with Crippen LogP contribution in [0.4, 0.5) is 0 Å². The molecule has 0 aromatic carbocycles. The fraction of sp³-hybridized carbons (Fsp3) is 0.895. The highest BCUT2D eigenvalue weighted by Crippen LogP contribution is 2.44. The molecule has 3 aliphatic carbocycles. The lowest BCUT2D eigenvalue weighted by Gasteiger charge is -2.47. The van der Waals surface area contributed by atoms with Gasteiger partial charge in [-0.2, -0.15) is 4.98 Å². The normalized spacial score (nSPS) is 37.5. The van der Waals surface area contributed by atoms with E-state index in [-0.39, 0.29) is 11.6 Å². The van der Waals surface area contributed by atoms with Crippen molar-refractivity contribution in [2.75, 3.05) is 0 Å². The van der Waals surface area contributed by atoms with Crippen LogP contribution in [0.3, 0.4) is 0 Å². The Balaban J connectivity index is 1.34. The summed E-state index contributed by atoms with van der Waals surface area (Å²) in [6.07, 6.45) is 11.8. The van der Waals surface area contributed by atoms with Crippen LogP contribution in [0.25, 0.3) is 0 Å². The molecule has 1 heterocycles. The molecule has 134 valence electrons. The van der Waals surface area contributed by atoms with Gasteiger partial charge in [-0.15, -0.1) is 0 Å². The minimum atomic E-state index is -0.0754. The van der Waals surface area contributed by atoms with Gasteiger partial charge in [-0.25, -0.2) is 0 Å². The molecule has 3 aliphatic rings. The first-order valence-corrected chi connectivity index (χ1v) is 9.85. The van der Waals surface area contributed by atoms with E-state index < -0.39 is 0 Å². The molecule has 0 aliphatic heterocycles. The monoisotopic (exact) mass is 333 g/mol. The molecule has 1 aromatic heterocycles. The van der Waals surface area contributed by atoms with E-state index in [1.54, 1.807) is 0 Å². The summed E-state index contributed by atoms with van der Waals surface area (Å²) in [4.78, 5) is 4.65. The van der Waals surface area contributed by atoms with Crippen LogP contribution >= 0.6 is 0 Å². The first-order valence-electron chi connectivity index (χ1n) is 9.85. The topological polar surface area (TPSA) is 71.2 Å². The maximum absolute atomic E-state index is 9.97. The predicted molar refractivity (Wildman–Crippen MR) is 91.4 cm³/mol. The highest BCUT2D eigenvalue weighted by molar-refractivity contribution is 5.00. The summed E-state index contributed by atoms with van der Waals surface area (Å²) in [7, 11) is 0. The summed E-state index contributed by atoms with van der Waals surface area (Å²) >= 11 is 0. The van der Waals surface area contributed by atoms with Crippen LogP contribution in [0.5, 0.6) is 0 Å². The van der Waals surface area contributed by atoms with Gasteiger partial charge < -0.3 is 14.9 Å². The van der Waals surface area contributed by atoms with Gasteiger partial charge >= 0.3 is 0 Å². The molecule has 2 bridgehead atoms. The number of aliphatic hydroxyl groups excluding tert-OH is 1. The number of hydrogen-bond donors (Lipinski definition) is 2. The Morgan fingerprint density at radius 2 is 1.83 bits per heavy atom. The van der Waals surface area contributed by atoms with E-state index in [1.807, 2.05) is 0 Å². The molecule has 4 rings (SSSR count). The van der Waals surface area contributed by atoms with Crippen LogP contribution in [0.1, 0.15) is 88.8 Å². The highest BCUT2D eigenvalue weighted by atomic mass is 16.5. The Bertz CT molecular complexity index is 535.